The van der Waals surface area contributed by atoms with E-state index in [0.717, 1.165) is 6.42 Å². The summed E-state index contributed by atoms with van der Waals surface area (Å²) in [6.45, 7) is 2.25. The first-order valence-electron chi connectivity index (χ1n) is 6.11. The minimum absolute atomic E-state index is 0. The van der Waals surface area contributed by atoms with Crippen LogP contribution in [0.15, 0.2) is 24.3 Å². The van der Waals surface area contributed by atoms with Crippen LogP contribution >= 0.6 is 0 Å². The fourth-order valence-electron chi connectivity index (χ4n) is 1.77. The normalized spacial score (nSPS) is 9.81. The van der Waals surface area contributed by atoms with Gasteiger partial charge in [-0.15, -0.1) is 0 Å². The summed E-state index contributed by atoms with van der Waals surface area (Å²) >= 11 is 0. The number of hydrogen-bond acceptors (Lipinski definition) is 1. The van der Waals surface area contributed by atoms with Crippen molar-refractivity contribution >= 4 is 48.9 Å². The van der Waals surface area contributed by atoms with Crippen LogP contribution in [0.5, 0.6) is 5.75 Å². The number of unbranched alkanes of at least 4 members (excludes halogenated alkanes) is 5. The van der Waals surface area contributed by atoms with Gasteiger partial charge in [0, 0.05) is 0 Å². The van der Waals surface area contributed by atoms with E-state index >= 15 is 0 Å². The molecule has 1 aromatic rings. The van der Waals surface area contributed by atoms with E-state index in [0.29, 0.717) is 5.75 Å². The van der Waals surface area contributed by atoms with Crippen molar-refractivity contribution in [2.24, 2.45) is 0 Å². The number of phenolic OH excluding ortho intramolecular Hbond substituents is 1. The Labute approximate surface area is 143 Å². The molecule has 2 heteroatoms. The molecule has 0 aliphatic heterocycles. The average molecular weight is 346 g/mol. The number of benzene rings is 1. The van der Waals surface area contributed by atoms with Crippen LogP contribution in [0.4, 0.5) is 0 Å². The van der Waals surface area contributed by atoms with Gasteiger partial charge in [0.2, 0.25) is 0 Å². The van der Waals surface area contributed by atoms with Gasteiger partial charge in [-0.3, -0.25) is 0 Å². The molecule has 0 heterocycles. The summed E-state index contributed by atoms with van der Waals surface area (Å²) in [6.07, 6.45) is 9.19. The first-order valence-corrected chi connectivity index (χ1v) is 6.11. The van der Waals surface area contributed by atoms with Gasteiger partial charge in [-0.05, 0) is 30.5 Å². The molecule has 1 aromatic carbocycles. The van der Waals surface area contributed by atoms with Gasteiger partial charge in [-0.2, -0.15) is 0 Å². The fraction of sp³-hybridized carbons (Fsp3) is 0.571. The number of phenols is 1. The number of hydrogen-bond donors (Lipinski definition) is 1. The van der Waals surface area contributed by atoms with Crippen molar-refractivity contribution in [2.45, 2.75) is 51.9 Å². The van der Waals surface area contributed by atoms with Crippen molar-refractivity contribution < 1.29 is 7.96 Å². The molecule has 0 aliphatic carbocycles. The van der Waals surface area contributed by atoms with Crippen molar-refractivity contribution in [3.05, 3.63) is 29.8 Å². The molecule has 0 aromatic heterocycles. The summed E-state index contributed by atoms with van der Waals surface area (Å²) in [6, 6.07) is 7.57. The van der Waals surface area contributed by atoms with Crippen molar-refractivity contribution in [1.29, 1.82) is 0 Å². The van der Waals surface area contributed by atoms with Gasteiger partial charge in [0.15, 0.2) is 0 Å². The molecule has 1 N–H and O–H groups in total. The third kappa shape index (κ3) is 7.80. The maximum atomic E-state index is 9.13. The first kappa shape index (κ1) is 16.6. The monoisotopic (exact) mass is 346 g/mol. The number of aryl methyl sites for hydroxylation is 1. The van der Waals surface area contributed by atoms with Crippen molar-refractivity contribution in [2.75, 3.05) is 0 Å². The van der Waals surface area contributed by atoms with Gasteiger partial charge in [-0.1, -0.05) is 51.2 Å². The molecule has 0 fully saturated rings. The minimum Gasteiger partial charge on any atom is -1.00 e. The van der Waals surface area contributed by atoms with E-state index in [4.69, 9.17) is 5.11 Å². The minimum atomic E-state index is 0. The Morgan fingerprint density at radius 2 is 1.50 bits per heavy atom. The molecule has 1 rings (SSSR count). The Morgan fingerprint density at radius 3 is 2.12 bits per heavy atom. The second-order valence-corrected chi connectivity index (χ2v) is 4.18. The smallest absolute Gasteiger partial charge is 1.00 e. The second kappa shape index (κ2) is 10.7. The molecule has 0 saturated carbocycles. The van der Waals surface area contributed by atoms with Crippen LogP contribution in [0.2, 0.25) is 0 Å². The number of aromatic hydroxyl groups is 1. The molecule has 0 radical (unpaired) electrons. The Balaban J connectivity index is -0.000000750. The second-order valence-electron chi connectivity index (χ2n) is 4.18. The van der Waals surface area contributed by atoms with Gasteiger partial charge in [0.05, 0.1) is 0 Å². The average Bonchev–Trinajstić information content (AvgIpc) is 2.26. The summed E-state index contributed by atoms with van der Waals surface area (Å²) in [5.74, 6) is 0.363. The van der Waals surface area contributed by atoms with E-state index in [9.17, 15) is 0 Å². The summed E-state index contributed by atoms with van der Waals surface area (Å²) in [4.78, 5) is 0. The van der Waals surface area contributed by atoms with E-state index in [1.54, 1.807) is 12.1 Å². The zero-order valence-corrected chi connectivity index (χ0v) is 14.9. The van der Waals surface area contributed by atoms with Crippen LogP contribution in [0, 0.1) is 0 Å². The molecule has 0 saturated heterocycles. The molecular formula is C14H24BaO. The SMILES string of the molecule is CCCCCCCCc1ccc(O)cc1.[Ba+2].[H-].[H-]. The summed E-state index contributed by atoms with van der Waals surface area (Å²) in [5.41, 5.74) is 1.34. The molecule has 0 atom stereocenters. The van der Waals surface area contributed by atoms with Crippen LogP contribution in [-0.4, -0.2) is 54.0 Å². The molecule has 16 heavy (non-hydrogen) atoms. The zero-order valence-electron chi connectivity index (χ0n) is 12.4. The van der Waals surface area contributed by atoms with E-state index < -0.39 is 0 Å². The third-order valence-corrected chi connectivity index (χ3v) is 2.76. The summed E-state index contributed by atoms with van der Waals surface area (Å²) < 4.78 is 0. The van der Waals surface area contributed by atoms with Gasteiger partial charge in [0.25, 0.3) is 0 Å². The molecule has 0 aliphatic rings. The van der Waals surface area contributed by atoms with Gasteiger partial charge in [-0.25, -0.2) is 0 Å². The standard InChI is InChI=1S/C14H22O.Ba.2H/c1-2-3-4-5-6-7-8-13-9-11-14(15)12-10-13;;;/h9-12,15H,2-8H2,1H3;;;/q;+2;2*-1. The van der Waals surface area contributed by atoms with Crippen LogP contribution < -0.4 is 0 Å². The number of rotatable bonds is 7. The molecule has 0 amide bonds. The van der Waals surface area contributed by atoms with Crippen molar-refractivity contribution in [3.8, 4) is 5.75 Å². The van der Waals surface area contributed by atoms with Gasteiger partial charge in [0.1, 0.15) is 5.75 Å². The van der Waals surface area contributed by atoms with Crippen LogP contribution in [0.3, 0.4) is 0 Å². The van der Waals surface area contributed by atoms with Crippen LogP contribution in [-0.2, 0) is 6.42 Å². The van der Waals surface area contributed by atoms with E-state index in [-0.39, 0.29) is 51.7 Å². The van der Waals surface area contributed by atoms with Crippen molar-refractivity contribution in [3.63, 3.8) is 0 Å². The molecule has 0 bridgehead atoms. The first-order chi connectivity index (χ1) is 7.33. The van der Waals surface area contributed by atoms with Crippen LogP contribution in [0.25, 0.3) is 0 Å². The van der Waals surface area contributed by atoms with Crippen LogP contribution in [0.1, 0.15) is 53.9 Å². The largest absolute Gasteiger partial charge is 2.00 e. The predicted molar refractivity (Wildman–Crippen MR) is 73.2 cm³/mol. The molecule has 88 valence electrons. The Morgan fingerprint density at radius 1 is 0.938 bits per heavy atom. The fourth-order valence-corrected chi connectivity index (χ4v) is 1.77. The quantitative estimate of drug-likeness (QED) is 0.582. The van der Waals surface area contributed by atoms with E-state index in [1.807, 2.05) is 12.1 Å². The van der Waals surface area contributed by atoms with Gasteiger partial charge >= 0.3 is 48.9 Å². The molecular weight excluding hydrogens is 321 g/mol. The molecule has 0 spiro atoms. The third-order valence-electron chi connectivity index (χ3n) is 2.76. The van der Waals surface area contributed by atoms with Crippen molar-refractivity contribution in [1.82, 2.24) is 0 Å². The Kier molecular flexibility index (Phi) is 11.1. The maximum absolute atomic E-state index is 9.13. The summed E-state index contributed by atoms with van der Waals surface area (Å²) in [5, 5.41) is 9.13. The zero-order chi connectivity index (χ0) is 10.9. The summed E-state index contributed by atoms with van der Waals surface area (Å²) in [7, 11) is 0. The van der Waals surface area contributed by atoms with Gasteiger partial charge < -0.3 is 7.96 Å². The maximum Gasteiger partial charge on any atom is 2.00 e. The topological polar surface area (TPSA) is 20.2 Å². The molecule has 1 nitrogen and oxygen atoms in total. The predicted octanol–water partition coefficient (Wildman–Crippen LogP) is 4.14. The molecule has 0 unspecified atom stereocenters. The van der Waals surface area contributed by atoms with E-state index in [2.05, 4.69) is 6.92 Å². The Bertz CT molecular complexity index is 265. The Hall–Kier alpha value is 0.591. The van der Waals surface area contributed by atoms with E-state index in [1.165, 1.54) is 44.1 Å².